The molecule has 2 heterocycles. The number of halogens is 3. The lowest BCUT2D eigenvalue weighted by Crippen LogP contribution is -2.50. The maximum atomic E-state index is 13.4. The van der Waals surface area contributed by atoms with E-state index in [1.165, 1.54) is 12.1 Å². The molecule has 0 amide bonds. The zero-order chi connectivity index (χ0) is 25.0. The summed E-state index contributed by atoms with van der Waals surface area (Å²) >= 11 is 0. The Morgan fingerprint density at radius 3 is 2.49 bits per heavy atom. The highest BCUT2D eigenvalue weighted by Crippen LogP contribution is 2.36. The van der Waals surface area contributed by atoms with Crippen molar-refractivity contribution in [3.05, 3.63) is 60.3 Å². The Hall–Kier alpha value is -3.73. The highest BCUT2D eigenvalue weighted by Gasteiger charge is 2.35. The van der Waals surface area contributed by atoms with E-state index in [0.29, 0.717) is 31.9 Å². The van der Waals surface area contributed by atoms with Crippen molar-refractivity contribution in [2.45, 2.75) is 12.3 Å². The number of carboxylic acids is 1. The normalized spacial score (nSPS) is 15.7. The van der Waals surface area contributed by atoms with Gasteiger partial charge in [0.1, 0.15) is 18.5 Å². The predicted molar refractivity (Wildman–Crippen MR) is 121 cm³/mol. The highest BCUT2D eigenvalue weighted by molar-refractivity contribution is 6.28. The number of rotatable bonds is 7. The molecule has 0 saturated carbocycles. The maximum Gasteiger partial charge on any atom is 0.418 e. The van der Waals surface area contributed by atoms with E-state index in [2.05, 4.69) is 4.98 Å². The molecular weight excluding hydrogens is 467 g/mol. The molecule has 2 aromatic carbocycles. The summed E-state index contributed by atoms with van der Waals surface area (Å²) < 4.78 is 51.2. The van der Waals surface area contributed by atoms with Gasteiger partial charge < -0.3 is 24.5 Å². The number of fused-ring (bicyclic) bond motifs is 1. The van der Waals surface area contributed by atoms with E-state index in [1.54, 1.807) is 29.3 Å². The second-order valence-electron chi connectivity index (χ2n) is 8.14. The Kier molecular flexibility index (Phi) is 7.15. The molecule has 3 aromatic rings. The fourth-order valence-corrected chi connectivity index (χ4v) is 4.14. The summed E-state index contributed by atoms with van der Waals surface area (Å²) in [4.78, 5) is 29.4. The molecule has 0 bridgehead atoms. The van der Waals surface area contributed by atoms with Crippen LogP contribution < -0.4 is 9.64 Å². The van der Waals surface area contributed by atoms with Crippen LogP contribution in [-0.4, -0.2) is 72.4 Å². The van der Waals surface area contributed by atoms with Crippen molar-refractivity contribution in [2.24, 2.45) is 0 Å². The number of aromatic nitrogens is 1. The molecule has 186 valence electrons. The third kappa shape index (κ3) is 5.86. The number of hydrogen-bond acceptors (Lipinski definition) is 6. The summed E-state index contributed by atoms with van der Waals surface area (Å²) in [6.07, 6.45) is -3.58. The number of ether oxygens (including phenoxy) is 2. The molecule has 1 aliphatic heterocycles. The van der Waals surface area contributed by atoms with Gasteiger partial charge >= 0.3 is 18.1 Å². The van der Waals surface area contributed by atoms with Gasteiger partial charge in [0.15, 0.2) is 0 Å². The topological polar surface area (TPSA) is 95.1 Å². The Morgan fingerprint density at radius 2 is 1.77 bits per heavy atom. The molecule has 0 unspecified atom stereocenters. The van der Waals surface area contributed by atoms with Gasteiger partial charge in [-0.2, -0.15) is 13.2 Å². The first-order valence-electron chi connectivity index (χ1n) is 11.0. The third-order valence-electron chi connectivity index (χ3n) is 5.81. The smallest absolute Gasteiger partial charge is 0.418 e. The number of carbonyl (C=O) groups excluding carboxylic acids is 1. The molecule has 1 aliphatic rings. The fourth-order valence-electron chi connectivity index (χ4n) is 4.14. The Morgan fingerprint density at radius 1 is 1.03 bits per heavy atom. The fraction of sp³-hybridized carbons (Fsp3) is 0.333. The summed E-state index contributed by atoms with van der Waals surface area (Å²) in [7, 11) is 0. The van der Waals surface area contributed by atoms with Gasteiger partial charge in [-0.1, -0.05) is 18.2 Å². The monoisotopic (exact) mass is 491 g/mol. The number of alkyl halides is 3. The van der Waals surface area contributed by atoms with Crippen molar-refractivity contribution in [1.82, 2.24) is 9.88 Å². The van der Waals surface area contributed by atoms with E-state index in [1.807, 2.05) is 17.0 Å². The Bertz CT molecular complexity index is 1190. The second-order valence-corrected chi connectivity index (χ2v) is 8.14. The summed E-state index contributed by atoms with van der Waals surface area (Å²) in [5, 5.41) is 9.78. The summed E-state index contributed by atoms with van der Waals surface area (Å²) in [5.41, 5.74) is 0.294. The molecule has 11 heteroatoms. The van der Waals surface area contributed by atoms with E-state index < -0.39 is 29.8 Å². The van der Waals surface area contributed by atoms with Crippen LogP contribution in [0.15, 0.2) is 54.7 Å². The van der Waals surface area contributed by atoms with Crippen LogP contribution in [0.3, 0.4) is 0 Å². The van der Waals surface area contributed by atoms with Crippen LogP contribution in [0.4, 0.5) is 18.9 Å². The second kappa shape index (κ2) is 10.3. The van der Waals surface area contributed by atoms with Gasteiger partial charge in [0.25, 0.3) is 0 Å². The van der Waals surface area contributed by atoms with E-state index in [4.69, 9.17) is 14.6 Å². The largest absolute Gasteiger partial charge is 0.489 e. The summed E-state index contributed by atoms with van der Waals surface area (Å²) in [6.45, 7) is 1.56. The van der Waals surface area contributed by atoms with Crippen molar-refractivity contribution >= 4 is 28.5 Å². The lowest BCUT2D eigenvalue weighted by molar-refractivity contribution is -0.169. The van der Waals surface area contributed by atoms with E-state index >= 15 is 0 Å². The van der Waals surface area contributed by atoms with Crippen molar-refractivity contribution in [3.8, 4) is 5.75 Å². The molecule has 0 radical (unpaired) electrons. The third-order valence-corrected chi connectivity index (χ3v) is 5.81. The molecule has 4 rings (SSSR count). The zero-order valence-electron chi connectivity index (χ0n) is 18.6. The average Bonchev–Trinajstić information content (AvgIpc) is 3.32. The number of piperazine rings is 1. The van der Waals surface area contributed by atoms with Gasteiger partial charge in [-0.05, 0) is 30.3 Å². The Balaban J connectivity index is 1.40. The number of aromatic amines is 1. The van der Waals surface area contributed by atoms with Crippen LogP contribution in [0.5, 0.6) is 5.75 Å². The van der Waals surface area contributed by atoms with Crippen LogP contribution in [0.1, 0.15) is 5.56 Å². The van der Waals surface area contributed by atoms with Crippen molar-refractivity contribution < 1.29 is 37.3 Å². The molecule has 35 heavy (non-hydrogen) atoms. The van der Waals surface area contributed by atoms with Gasteiger partial charge in [-0.3, -0.25) is 4.90 Å². The van der Waals surface area contributed by atoms with Gasteiger partial charge in [-0.25, -0.2) is 9.59 Å². The van der Waals surface area contributed by atoms with Gasteiger partial charge in [0.05, 0.1) is 5.56 Å². The number of esters is 1. The van der Waals surface area contributed by atoms with Crippen LogP contribution in [0.2, 0.25) is 0 Å². The van der Waals surface area contributed by atoms with Crippen LogP contribution in [0, 0.1) is 0 Å². The maximum absolute atomic E-state index is 13.4. The number of carbonyl (C=O) groups is 2. The van der Waals surface area contributed by atoms with Gasteiger partial charge in [-0.15, -0.1) is 0 Å². The van der Waals surface area contributed by atoms with Crippen LogP contribution in [0.25, 0.3) is 10.9 Å². The van der Waals surface area contributed by atoms with Crippen molar-refractivity contribution in [3.63, 3.8) is 0 Å². The number of hydrogen-bond donors (Lipinski definition) is 2. The summed E-state index contributed by atoms with van der Waals surface area (Å²) in [5.74, 6) is -2.55. The molecule has 8 nitrogen and oxygen atoms in total. The number of benzene rings is 2. The van der Waals surface area contributed by atoms with Crippen molar-refractivity contribution in [1.29, 1.82) is 0 Å². The average molecular weight is 491 g/mol. The zero-order valence-corrected chi connectivity index (χ0v) is 18.6. The molecule has 1 fully saturated rings. The predicted octanol–water partition coefficient (Wildman–Crippen LogP) is 3.38. The van der Waals surface area contributed by atoms with Crippen LogP contribution >= 0.6 is 0 Å². The molecule has 2 N–H and O–H groups in total. The van der Waals surface area contributed by atoms with Crippen molar-refractivity contribution in [2.75, 3.05) is 44.2 Å². The standard InChI is InChI=1S/C24H24F3N3O5/c25-24(26,27)18-4-1-2-6-20(18)30-12-10-29(11-13-30)14-16(35-23(33)22(31)32)15-34-21-7-3-5-19-17(21)8-9-28-19/h1-9,16,28H,10-15H2,(H,31,32)/t16-/m0/s1. The highest BCUT2D eigenvalue weighted by atomic mass is 19.4. The summed E-state index contributed by atoms with van der Waals surface area (Å²) in [6, 6.07) is 12.7. The number of nitrogens with one attached hydrogen (secondary N) is 1. The number of aliphatic carboxylic acids is 1. The first kappa shape index (κ1) is 24.4. The number of nitrogens with zero attached hydrogens (tertiary/aromatic N) is 2. The van der Waals surface area contributed by atoms with Gasteiger partial charge in [0.2, 0.25) is 0 Å². The lowest BCUT2D eigenvalue weighted by Gasteiger charge is -2.38. The molecule has 0 aliphatic carbocycles. The van der Waals surface area contributed by atoms with Crippen LogP contribution in [-0.2, 0) is 20.5 Å². The quantitative estimate of drug-likeness (QED) is 0.387. The first-order valence-corrected chi connectivity index (χ1v) is 11.0. The minimum Gasteiger partial charge on any atom is -0.489 e. The van der Waals surface area contributed by atoms with Gasteiger partial charge in [0, 0.05) is 55.5 Å². The lowest BCUT2D eigenvalue weighted by atomic mass is 10.1. The number of anilines is 1. The first-order chi connectivity index (χ1) is 16.7. The van der Waals surface area contributed by atoms with E-state index in [0.717, 1.165) is 17.0 Å². The number of para-hydroxylation sites is 1. The molecule has 1 atom stereocenters. The molecule has 0 spiro atoms. The van der Waals surface area contributed by atoms with E-state index in [9.17, 15) is 22.8 Å². The SMILES string of the molecule is O=C(O)C(=O)O[C@H](COc1cccc2[nH]ccc12)CN1CCN(c2ccccc2C(F)(F)F)CC1. The molecular formula is C24H24F3N3O5. The molecule has 1 saturated heterocycles. The Labute approximate surface area is 198 Å². The minimum atomic E-state index is -4.45. The minimum absolute atomic E-state index is 0.0829. The number of H-pyrrole nitrogens is 1. The molecule has 1 aromatic heterocycles. The number of carboxylic acid groups (broad SMARTS) is 1. The van der Waals surface area contributed by atoms with E-state index in [-0.39, 0.29) is 18.8 Å².